The van der Waals surface area contributed by atoms with Crippen LogP contribution in [0.25, 0.3) is 0 Å². The Balaban J connectivity index is 2.34. The number of unbranched alkanes of at least 4 members (excludes halogenated alkanes) is 2. The Kier molecular flexibility index (Phi) is 9.11. The van der Waals surface area contributed by atoms with Gasteiger partial charge < -0.3 is 10.0 Å². The molecular formula is C17H31NO3. The maximum Gasteiger partial charge on any atom is 0.305 e. The minimum absolute atomic E-state index is 0.0568. The molecule has 122 valence electrons. The third-order valence-electron chi connectivity index (χ3n) is 4.47. The van der Waals surface area contributed by atoms with Crippen molar-refractivity contribution in [2.45, 2.75) is 77.6 Å². The van der Waals surface area contributed by atoms with Crippen LogP contribution in [-0.4, -0.2) is 35.0 Å². The molecule has 0 aromatic carbocycles. The number of nitrogens with zero attached hydrogens (tertiary/aromatic N) is 1. The minimum Gasteiger partial charge on any atom is -0.481 e. The number of carbonyl (C=O) groups is 2. The predicted octanol–water partition coefficient (Wildman–Crippen LogP) is 3.84. The van der Waals surface area contributed by atoms with Gasteiger partial charge in [-0.05, 0) is 18.8 Å². The first-order valence-corrected chi connectivity index (χ1v) is 8.63. The Hall–Kier alpha value is -1.06. The summed E-state index contributed by atoms with van der Waals surface area (Å²) in [5.74, 6) is 0.0353. The van der Waals surface area contributed by atoms with Gasteiger partial charge in [-0.1, -0.05) is 51.9 Å². The van der Waals surface area contributed by atoms with Crippen LogP contribution in [0.2, 0.25) is 0 Å². The van der Waals surface area contributed by atoms with Crippen LogP contribution >= 0.6 is 0 Å². The maximum absolute atomic E-state index is 12.3. The van der Waals surface area contributed by atoms with Crippen LogP contribution in [-0.2, 0) is 9.59 Å². The molecular weight excluding hydrogens is 266 g/mol. The zero-order valence-corrected chi connectivity index (χ0v) is 13.5. The summed E-state index contributed by atoms with van der Waals surface area (Å²) in [5.41, 5.74) is 0. The van der Waals surface area contributed by atoms with Crippen molar-refractivity contribution in [3.05, 3.63) is 0 Å². The SMILES string of the molecule is CCCCCN(CCC(=O)O)C(=O)CCC1CCCCC1. The van der Waals surface area contributed by atoms with E-state index in [9.17, 15) is 9.59 Å². The highest BCUT2D eigenvalue weighted by atomic mass is 16.4. The van der Waals surface area contributed by atoms with E-state index in [1.807, 2.05) is 0 Å². The van der Waals surface area contributed by atoms with Crippen LogP contribution in [0.15, 0.2) is 0 Å². The fourth-order valence-corrected chi connectivity index (χ4v) is 3.11. The molecule has 0 unspecified atom stereocenters. The van der Waals surface area contributed by atoms with Gasteiger partial charge in [0.25, 0.3) is 0 Å². The summed E-state index contributed by atoms with van der Waals surface area (Å²) in [6, 6.07) is 0. The molecule has 0 heterocycles. The fourth-order valence-electron chi connectivity index (χ4n) is 3.11. The second-order valence-electron chi connectivity index (χ2n) is 6.27. The highest BCUT2D eigenvalue weighted by molar-refractivity contribution is 5.77. The first kappa shape index (κ1) is 18.0. The fraction of sp³-hybridized carbons (Fsp3) is 0.882. The highest BCUT2D eigenvalue weighted by Gasteiger charge is 2.18. The van der Waals surface area contributed by atoms with Gasteiger partial charge in [-0.3, -0.25) is 9.59 Å². The van der Waals surface area contributed by atoms with Gasteiger partial charge in [-0.25, -0.2) is 0 Å². The Bertz CT molecular complexity index is 311. The minimum atomic E-state index is -0.824. The molecule has 1 fully saturated rings. The molecule has 0 radical (unpaired) electrons. The van der Waals surface area contributed by atoms with Crippen molar-refractivity contribution in [1.82, 2.24) is 4.90 Å². The van der Waals surface area contributed by atoms with Crippen molar-refractivity contribution < 1.29 is 14.7 Å². The molecule has 1 N–H and O–H groups in total. The van der Waals surface area contributed by atoms with Gasteiger partial charge >= 0.3 is 5.97 Å². The second-order valence-corrected chi connectivity index (χ2v) is 6.27. The molecule has 1 saturated carbocycles. The summed E-state index contributed by atoms with van der Waals surface area (Å²) in [6.07, 6.45) is 11.3. The smallest absolute Gasteiger partial charge is 0.305 e. The van der Waals surface area contributed by atoms with Crippen molar-refractivity contribution in [2.75, 3.05) is 13.1 Å². The first-order valence-electron chi connectivity index (χ1n) is 8.63. The highest BCUT2D eigenvalue weighted by Crippen LogP contribution is 2.27. The normalized spacial score (nSPS) is 15.9. The molecule has 0 saturated heterocycles. The largest absolute Gasteiger partial charge is 0.481 e. The molecule has 1 aliphatic rings. The van der Waals surface area contributed by atoms with Crippen molar-refractivity contribution >= 4 is 11.9 Å². The maximum atomic E-state index is 12.3. The van der Waals surface area contributed by atoms with Gasteiger partial charge in [0.05, 0.1) is 6.42 Å². The van der Waals surface area contributed by atoms with Crippen LogP contribution in [0.5, 0.6) is 0 Å². The van der Waals surface area contributed by atoms with E-state index in [0.29, 0.717) is 25.4 Å². The Morgan fingerprint density at radius 3 is 2.38 bits per heavy atom. The summed E-state index contributed by atoms with van der Waals surface area (Å²) >= 11 is 0. The number of rotatable bonds is 10. The van der Waals surface area contributed by atoms with E-state index < -0.39 is 5.97 Å². The molecule has 4 nitrogen and oxygen atoms in total. The second kappa shape index (κ2) is 10.6. The lowest BCUT2D eigenvalue weighted by molar-refractivity contribution is -0.138. The number of carboxylic acids is 1. The lowest BCUT2D eigenvalue weighted by Gasteiger charge is -2.25. The number of hydrogen-bond donors (Lipinski definition) is 1. The summed E-state index contributed by atoms with van der Waals surface area (Å²) in [4.78, 5) is 24.8. The summed E-state index contributed by atoms with van der Waals surface area (Å²) in [6.45, 7) is 3.21. The van der Waals surface area contributed by atoms with Gasteiger partial charge in [0.15, 0.2) is 0 Å². The molecule has 4 heteroatoms. The third kappa shape index (κ3) is 8.08. The molecule has 0 aromatic rings. The molecule has 1 aliphatic carbocycles. The Morgan fingerprint density at radius 2 is 1.76 bits per heavy atom. The molecule has 0 aromatic heterocycles. The molecule has 0 bridgehead atoms. The predicted molar refractivity (Wildman–Crippen MR) is 84.2 cm³/mol. The summed E-state index contributed by atoms with van der Waals surface area (Å²) in [7, 11) is 0. The van der Waals surface area contributed by atoms with E-state index in [-0.39, 0.29) is 12.3 Å². The van der Waals surface area contributed by atoms with Crippen molar-refractivity contribution in [3.63, 3.8) is 0 Å². The number of hydrogen-bond acceptors (Lipinski definition) is 2. The average molecular weight is 297 g/mol. The summed E-state index contributed by atoms with van der Waals surface area (Å²) in [5, 5.41) is 8.81. The van der Waals surface area contributed by atoms with E-state index in [4.69, 9.17) is 5.11 Å². The number of carboxylic acid groups (broad SMARTS) is 1. The van der Waals surface area contributed by atoms with Crippen LogP contribution in [0.3, 0.4) is 0 Å². The molecule has 0 atom stereocenters. The lowest BCUT2D eigenvalue weighted by Crippen LogP contribution is -2.34. The standard InChI is InChI=1S/C17H31NO3/c1-2-3-7-13-18(14-12-17(20)21)16(19)11-10-15-8-5-4-6-9-15/h15H,2-14H2,1H3,(H,20,21). The van der Waals surface area contributed by atoms with Gasteiger partial charge in [0.1, 0.15) is 0 Å². The zero-order valence-electron chi connectivity index (χ0n) is 13.5. The molecule has 21 heavy (non-hydrogen) atoms. The quantitative estimate of drug-likeness (QED) is 0.623. The van der Waals surface area contributed by atoms with Crippen molar-refractivity contribution in [3.8, 4) is 0 Å². The molecule has 1 rings (SSSR count). The average Bonchev–Trinajstić information content (AvgIpc) is 2.49. The van der Waals surface area contributed by atoms with Crippen LogP contribution in [0, 0.1) is 5.92 Å². The lowest BCUT2D eigenvalue weighted by atomic mass is 9.86. The van der Waals surface area contributed by atoms with E-state index in [0.717, 1.165) is 25.7 Å². The van der Waals surface area contributed by atoms with Crippen LogP contribution < -0.4 is 0 Å². The number of carbonyl (C=O) groups excluding carboxylic acids is 1. The van der Waals surface area contributed by atoms with E-state index in [2.05, 4.69) is 6.92 Å². The Morgan fingerprint density at radius 1 is 1.05 bits per heavy atom. The zero-order chi connectivity index (χ0) is 15.5. The van der Waals surface area contributed by atoms with E-state index >= 15 is 0 Å². The first-order chi connectivity index (χ1) is 10.1. The van der Waals surface area contributed by atoms with Crippen LogP contribution in [0.1, 0.15) is 77.6 Å². The van der Waals surface area contributed by atoms with Gasteiger partial charge in [-0.15, -0.1) is 0 Å². The van der Waals surface area contributed by atoms with E-state index in [1.165, 1.54) is 32.1 Å². The van der Waals surface area contributed by atoms with Gasteiger partial charge in [0.2, 0.25) is 5.91 Å². The monoisotopic (exact) mass is 297 g/mol. The molecule has 0 spiro atoms. The van der Waals surface area contributed by atoms with Crippen molar-refractivity contribution in [2.24, 2.45) is 5.92 Å². The molecule has 1 amide bonds. The van der Waals surface area contributed by atoms with Gasteiger partial charge in [0, 0.05) is 19.5 Å². The van der Waals surface area contributed by atoms with Crippen LogP contribution in [0.4, 0.5) is 0 Å². The molecule has 0 aliphatic heterocycles. The van der Waals surface area contributed by atoms with E-state index in [1.54, 1.807) is 4.90 Å². The summed E-state index contributed by atoms with van der Waals surface area (Å²) < 4.78 is 0. The number of amides is 1. The van der Waals surface area contributed by atoms with Crippen molar-refractivity contribution in [1.29, 1.82) is 0 Å². The van der Waals surface area contributed by atoms with Gasteiger partial charge in [-0.2, -0.15) is 0 Å². The third-order valence-corrected chi connectivity index (χ3v) is 4.47. The number of aliphatic carboxylic acids is 1. The topological polar surface area (TPSA) is 57.6 Å². The Labute approximate surface area is 128 Å².